The fourth-order valence-corrected chi connectivity index (χ4v) is 4.60. The summed E-state index contributed by atoms with van der Waals surface area (Å²) in [5.41, 5.74) is 3.35. The van der Waals surface area contributed by atoms with E-state index in [2.05, 4.69) is 27.7 Å². The lowest BCUT2D eigenvalue weighted by Gasteiger charge is -2.29. The SMILES string of the molecule is COc1cc2nc(Nc3cc(OC)c(OC)c(OC)c3)nc(Nc3ccc(N4CCOCC4)cc3)c2cc1OC. The Bertz CT molecular complexity index is 1450. The number of fused-ring (bicyclic) bond motifs is 1. The summed E-state index contributed by atoms with van der Waals surface area (Å²) < 4.78 is 33.0. The summed E-state index contributed by atoms with van der Waals surface area (Å²) in [6, 6.07) is 15.5. The molecule has 1 aromatic heterocycles. The van der Waals surface area contributed by atoms with E-state index >= 15 is 0 Å². The van der Waals surface area contributed by atoms with Gasteiger partial charge >= 0.3 is 0 Å². The van der Waals surface area contributed by atoms with E-state index in [-0.39, 0.29) is 0 Å². The molecule has 0 bridgehead atoms. The second kappa shape index (κ2) is 12.0. The van der Waals surface area contributed by atoms with Crippen molar-refractivity contribution < 1.29 is 28.4 Å². The number of morpholine rings is 1. The fraction of sp³-hybridized carbons (Fsp3) is 0.310. The van der Waals surface area contributed by atoms with E-state index in [1.807, 2.05) is 24.3 Å². The monoisotopic (exact) mass is 547 g/mol. The van der Waals surface area contributed by atoms with E-state index < -0.39 is 0 Å². The maximum Gasteiger partial charge on any atom is 0.229 e. The zero-order valence-corrected chi connectivity index (χ0v) is 23.2. The van der Waals surface area contributed by atoms with Gasteiger partial charge in [-0.2, -0.15) is 4.98 Å². The van der Waals surface area contributed by atoms with Gasteiger partial charge in [0.2, 0.25) is 11.7 Å². The van der Waals surface area contributed by atoms with Crippen molar-refractivity contribution in [3.63, 3.8) is 0 Å². The van der Waals surface area contributed by atoms with Crippen molar-refractivity contribution >= 4 is 39.7 Å². The molecule has 11 nitrogen and oxygen atoms in total. The van der Waals surface area contributed by atoms with Crippen LogP contribution >= 0.6 is 0 Å². The first-order valence-electron chi connectivity index (χ1n) is 12.8. The molecule has 4 aromatic rings. The standard InChI is InChI=1S/C29H33N5O6/c1-35-23-16-21-22(17-24(23)36-2)32-29(31-19-14-25(37-3)27(39-5)26(15-19)38-4)33-28(21)30-18-6-8-20(9-7-18)34-10-12-40-13-11-34/h6-9,14-17H,10-13H2,1-5H3,(H2,30,31,32,33). The molecule has 0 unspecified atom stereocenters. The van der Waals surface area contributed by atoms with Crippen molar-refractivity contribution in [2.45, 2.75) is 0 Å². The highest BCUT2D eigenvalue weighted by Crippen LogP contribution is 2.41. The number of rotatable bonds is 10. The first-order chi connectivity index (χ1) is 19.6. The predicted molar refractivity (Wildman–Crippen MR) is 155 cm³/mol. The molecule has 40 heavy (non-hydrogen) atoms. The van der Waals surface area contributed by atoms with E-state index in [0.29, 0.717) is 51.7 Å². The minimum atomic E-state index is 0.362. The van der Waals surface area contributed by atoms with Crippen molar-refractivity contribution in [3.05, 3.63) is 48.5 Å². The molecule has 0 saturated carbocycles. The van der Waals surface area contributed by atoms with Crippen LogP contribution in [0.3, 0.4) is 0 Å². The van der Waals surface area contributed by atoms with E-state index in [4.69, 9.17) is 38.4 Å². The van der Waals surface area contributed by atoms with Gasteiger partial charge in [-0.25, -0.2) is 4.98 Å². The fourth-order valence-electron chi connectivity index (χ4n) is 4.60. The van der Waals surface area contributed by atoms with Crippen LogP contribution in [-0.2, 0) is 4.74 Å². The van der Waals surface area contributed by atoms with Gasteiger partial charge in [-0.3, -0.25) is 0 Å². The molecular weight excluding hydrogens is 514 g/mol. The number of hydrogen-bond acceptors (Lipinski definition) is 11. The minimum Gasteiger partial charge on any atom is -0.493 e. The third kappa shape index (κ3) is 5.55. The third-order valence-electron chi connectivity index (χ3n) is 6.63. The number of aromatic nitrogens is 2. The zero-order valence-electron chi connectivity index (χ0n) is 23.2. The van der Waals surface area contributed by atoms with Gasteiger partial charge in [0.15, 0.2) is 23.0 Å². The Morgan fingerprint density at radius 3 is 1.90 bits per heavy atom. The second-order valence-electron chi connectivity index (χ2n) is 8.93. The third-order valence-corrected chi connectivity index (χ3v) is 6.63. The second-order valence-corrected chi connectivity index (χ2v) is 8.93. The zero-order chi connectivity index (χ0) is 28.1. The molecule has 0 spiro atoms. The smallest absolute Gasteiger partial charge is 0.229 e. The maximum atomic E-state index is 5.55. The molecule has 0 atom stereocenters. The average molecular weight is 548 g/mol. The number of anilines is 5. The van der Waals surface area contributed by atoms with Gasteiger partial charge < -0.3 is 44.0 Å². The minimum absolute atomic E-state index is 0.362. The molecule has 0 radical (unpaired) electrons. The Kier molecular flexibility index (Phi) is 8.11. The Balaban J connectivity index is 1.53. The number of nitrogens with zero attached hydrogens (tertiary/aromatic N) is 3. The molecule has 210 valence electrons. The van der Waals surface area contributed by atoms with Gasteiger partial charge in [0.1, 0.15) is 5.82 Å². The van der Waals surface area contributed by atoms with Crippen molar-refractivity contribution in [2.75, 3.05) is 77.4 Å². The number of benzene rings is 3. The summed E-state index contributed by atoms with van der Waals surface area (Å²) in [7, 11) is 7.89. The quantitative estimate of drug-likeness (QED) is 0.280. The van der Waals surface area contributed by atoms with E-state index in [1.165, 1.54) is 0 Å². The summed E-state index contributed by atoms with van der Waals surface area (Å²) in [5, 5.41) is 7.50. The van der Waals surface area contributed by atoms with Crippen LogP contribution in [0.4, 0.5) is 28.8 Å². The largest absolute Gasteiger partial charge is 0.493 e. The molecule has 0 aliphatic carbocycles. The lowest BCUT2D eigenvalue weighted by Crippen LogP contribution is -2.36. The van der Waals surface area contributed by atoms with Gasteiger partial charge in [-0.1, -0.05) is 0 Å². The van der Waals surface area contributed by atoms with E-state index in [1.54, 1.807) is 47.7 Å². The molecule has 5 rings (SSSR count). The predicted octanol–water partition coefficient (Wildman–Crippen LogP) is 5.00. The molecule has 3 aromatic carbocycles. The molecule has 2 N–H and O–H groups in total. The lowest BCUT2D eigenvalue weighted by molar-refractivity contribution is 0.122. The molecule has 2 heterocycles. The Morgan fingerprint density at radius 1 is 0.675 bits per heavy atom. The van der Waals surface area contributed by atoms with E-state index in [0.717, 1.165) is 43.1 Å². The maximum absolute atomic E-state index is 5.55. The van der Waals surface area contributed by atoms with Crippen LogP contribution in [-0.4, -0.2) is 71.8 Å². The summed E-state index contributed by atoms with van der Waals surface area (Å²) in [6.45, 7) is 3.22. The molecule has 1 aliphatic heterocycles. The van der Waals surface area contributed by atoms with Crippen LogP contribution in [0.5, 0.6) is 28.7 Å². The summed E-state index contributed by atoms with van der Waals surface area (Å²) in [6.07, 6.45) is 0. The van der Waals surface area contributed by atoms with Crippen LogP contribution in [0.25, 0.3) is 10.9 Å². The van der Waals surface area contributed by atoms with Crippen molar-refractivity contribution in [3.8, 4) is 28.7 Å². The first-order valence-corrected chi connectivity index (χ1v) is 12.8. The normalized spacial score (nSPS) is 13.1. The number of methoxy groups -OCH3 is 5. The summed E-state index contributed by atoms with van der Waals surface area (Å²) in [5.74, 6) is 3.62. The van der Waals surface area contributed by atoms with Crippen LogP contribution in [0, 0.1) is 0 Å². The van der Waals surface area contributed by atoms with E-state index in [9.17, 15) is 0 Å². The van der Waals surface area contributed by atoms with Gasteiger partial charge in [-0.15, -0.1) is 0 Å². The summed E-state index contributed by atoms with van der Waals surface area (Å²) in [4.78, 5) is 11.9. The Labute approximate surface area is 232 Å². The summed E-state index contributed by atoms with van der Waals surface area (Å²) >= 11 is 0. The highest BCUT2D eigenvalue weighted by Gasteiger charge is 2.17. The molecule has 1 saturated heterocycles. The highest BCUT2D eigenvalue weighted by molar-refractivity contribution is 5.94. The topological polar surface area (TPSA) is 108 Å². The average Bonchev–Trinajstić information content (AvgIpc) is 3.00. The van der Waals surface area contributed by atoms with Gasteiger partial charge in [0, 0.05) is 53.7 Å². The molecular formula is C29H33N5O6. The van der Waals surface area contributed by atoms with Crippen LogP contribution in [0.15, 0.2) is 48.5 Å². The first kappa shape index (κ1) is 26.9. The van der Waals surface area contributed by atoms with Crippen LogP contribution < -0.4 is 39.2 Å². The Hall–Kier alpha value is -4.64. The molecule has 11 heteroatoms. The van der Waals surface area contributed by atoms with Crippen LogP contribution in [0.1, 0.15) is 0 Å². The van der Waals surface area contributed by atoms with Gasteiger partial charge in [0.25, 0.3) is 0 Å². The lowest BCUT2D eigenvalue weighted by atomic mass is 10.2. The highest BCUT2D eigenvalue weighted by atomic mass is 16.5. The number of hydrogen-bond donors (Lipinski definition) is 2. The van der Waals surface area contributed by atoms with Crippen LogP contribution in [0.2, 0.25) is 0 Å². The van der Waals surface area contributed by atoms with Crippen molar-refractivity contribution in [1.82, 2.24) is 9.97 Å². The Morgan fingerprint density at radius 2 is 1.30 bits per heavy atom. The van der Waals surface area contributed by atoms with Crippen molar-refractivity contribution in [1.29, 1.82) is 0 Å². The number of nitrogens with one attached hydrogen (secondary N) is 2. The van der Waals surface area contributed by atoms with Gasteiger partial charge in [0.05, 0.1) is 54.3 Å². The number of ether oxygens (including phenoxy) is 6. The van der Waals surface area contributed by atoms with Crippen molar-refractivity contribution in [2.24, 2.45) is 0 Å². The molecule has 1 aliphatic rings. The van der Waals surface area contributed by atoms with Gasteiger partial charge in [-0.05, 0) is 30.3 Å². The molecule has 1 fully saturated rings. The molecule has 0 amide bonds.